The molecule has 0 bridgehead atoms. The normalized spacial score (nSPS) is 26.7. The zero-order valence-corrected chi connectivity index (χ0v) is 11.9. The summed E-state index contributed by atoms with van der Waals surface area (Å²) in [7, 11) is 0. The van der Waals surface area contributed by atoms with Crippen molar-refractivity contribution in [3.05, 3.63) is 28.8 Å². The van der Waals surface area contributed by atoms with Crippen molar-refractivity contribution in [3.63, 3.8) is 0 Å². The van der Waals surface area contributed by atoms with Crippen LogP contribution in [0.25, 0.3) is 0 Å². The standard InChI is InChI=1S/C15H19ClN2O/c1-15(8-3-2-7-13(15)19)10-18-14-11(9-17)5-4-6-12(14)16/h4-6,13,18-19H,2-3,7-8,10H2,1H3. The van der Waals surface area contributed by atoms with Crippen molar-refractivity contribution >= 4 is 17.3 Å². The third-order valence-corrected chi connectivity index (χ3v) is 4.40. The minimum atomic E-state index is -0.290. The van der Waals surface area contributed by atoms with Gasteiger partial charge in [-0.15, -0.1) is 0 Å². The van der Waals surface area contributed by atoms with E-state index in [1.54, 1.807) is 18.2 Å². The first-order valence-corrected chi connectivity index (χ1v) is 7.05. The van der Waals surface area contributed by atoms with Crippen LogP contribution in [0.15, 0.2) is 18.2 Å². The molecule has 2 rings (SSSR count). The lowest BCUT2D eigenvalue weighted by atomic mass is 9.73. The summed E-state index contributed by atoms with van der Waals surface area (Å²) < 4.78 is 0. The molecule has 1 aliphatic carbocycles. The highest BCUT2D eigenvalue weighted by Crippen LogP contribution is 2.37. The Labute approximate surface area is 119 Å². The number of aliphatic hydroxyl groups is 1. The van der Waals surface area contributed by atoms with Crippen molar-refractivity contribution < 1.29 is 5.11 Å². The molecule has 4 heteroatoms. The maximum absolute atomic E-state index is 10.2. The minimum absolute atomic E-state index is 0.149. The van der Waals surface area contributed by atoms with Gasteiger partial charge in [-0.1, -0.05) is 37.4 Å². The number of nitrogens with zero attached hydrogens (tertiary/aromatic N) is 1. The number of hydrogen-bond acceptors (Lipinski definition) is 3. The third kappa shape index (κ3) is 3.02. The van der Waals surface area contributed by atoms with E-state index in [0.717, 1.165) is 25.7 Å². The van der Waals surface area contributed by atoms with Crippen molar-refractivity contribution in [1.29, 1.82) is 5.26 Å². The van der Waals surface area contributed by atoms with E-state index >= 15 is 0 Å². The van der Waals surface area contributed by atoms with Crippen molar-refractivity contribution in [1.82, 2.24) is 0 Å². The summed E-state index contributed by atoms with van der Waals surface area (Å²) in [4.78, 5) is 0. The fourth-order valence-corrected chi connectivity index (χ4v) is 2.92. The number of benzene rings is 1. The van der Waals surface area contributed by atoms with E-state index in [4.69, 9.17) is 16.9 Å². The van der Waals surface area contributed by atoms with Crippen LogP contribution in [-0.4, -0.2) is 17.8 Å². The second kappa shape index (κ2) is 5.81. The second-order valence-corrected chi connectivity index (χ2v) is 5.95. The Morgan fingerprint density at radius 1 is 1.53 bits per heavy atom. The first-order valence-electron chi connectivity index (χ1n) is 6.67. The average Bonchev–Trinajstić information content (AvgIpc) is 2.41. The Balaban J connectivity index is 2.13. The van der Waals surface area contributed by atoms with Gasteiger partial charge >= 0.3 is 0 Å². The molecule has 102 valence electrons. The first-order chi connectivity index (χ1) is 9.07. The molecule has 3 nitrogen and oxygen atoms in total. The van der Waals surface area contributed by atoms with Crippen LogP contribution in [0.5, 0.6) is 0 Å². The fourth-order valence-electron chi connectivity index (χ4n) is 2.68. The SMILES string of the molecule is CC1(CNc2c(Cl)cccc2C#N)CCCCC1O. The number of rotatable bonds is 3. The number of halogens is 1. The highest BCUT2D eigenvalue weighted by molar-refractivity contribution is 6.33. The Morgan fingerprint density at radius 3 is 3.00 bits per heavy atom. The summed E-state index contributed by atoms with van der Waals surface area (Å²) in [5.41, 5.74) is 1.07. The van der Waals surface area contributed by atoms with Crippen molar-refractivity contribution in [2.24, 2.45) is 5.41 Å². The quantitative estimate of drug-likeness (QED) is 0.889. The van der Waals surface area contributed by atoms with E-state index in [2.05, 4.69) is 18.3 Å². The molecule has 0 spiro atoms. The molecule has 2 atom stereocenters. The highest BCUT2D eigenvalue weighted by atomic mass is 35.5. The van der Waals surface area contributed by atoms with E-state index in [1.165, 1.54) is 0 Å². The Kier molecular flexibility index (Phi) is 4.34. The van der Waals surface area contributed by atoms with Crippen molar-refractivity contribution in [2.45, 2.75) is 38.7 Å². The zero-order valence-electron chi connectivity index (χ0n) is 11.1. The number of nitriles is 1. The fraction of sp³-hybridized carbons (Fsp3) is 0.533. The van der Waals surface area contributed by atoms with E-state index in [0.29, 0.717) is 22.8 Å². The van der Waals surface area contributed by atoms with Gasteiger partial charge in [-0.3, -0.25) is 0 Å². The molecule has 0 saturated heterocycles. The molecule has 0 aliphatic heterocycles. The summed E-state index contributed by atoms with van der Waals surface area (Å²) in [5.74, 6) is 0. The maximum Gasteiger partial charge on any atom is 0.101 e. The molecular weight excluding hydrogens is 260 g/mol. The summed E-state index contributed by atoms with van der Waals surface area (Å²) in [6.45, 7) is 2.72. The number of nitrogens with one attached hydrogen (secondary N) is 1. The Bertz CT molecular complexity index is 497. The molecule has 1 aromatic rings. The molecule has 2 N–H and O–H groups in total. The van der Waals surface area contributed by atoms with E-state index in [9.17, 15) is 5.11 Å². The van der Waals surface area contributed by atoms with E-state index in [-0.39, 0.29) is 11.5 Å². The van der Waals surface area contributed by atoms with Crippen LogP contribution in [0.3, 0.4) is 0 Å². The third-order valence-electron chi connectivity index (χ3n) is 4.08. The average molecular weight is 279 g/mol. The predicted molar refractivity (Wildman–Crippen MR) is 77.2 cm³/mol. The summed E-state index contributed by atoms with van der Waals surface area (Å²) in [6.07, 6.45) is 3.79. The van der Waals surface area contributed by atoms with Gasteiger partial charge in [0.15, 0.2) is 0 Å². The molecule has 1 saturated carbocycles. The van der Waals surface area contributed by atoms with Gasteiger partial charge in [-0.25, -0.2) is 0 Å². The summed E-state index contributed by atoms with van der Waals surface area (Å²) in [6, 6.07) is 7.42. The van der Waals surface area contributed by atoms with Gasteiger partial charge in [0.25, 0.3) is 0 Å². The van der Waals surface area contributed by atoms with Crippen LogP contribution in [0.1, 0.15) is 38.2 Å². The van der Waals surface area contributed by atoms with Gasteiger partial charge in [-0.05, 0) is 25.0 Å². The van der Waals surface area contributed by atoms with Crippen LogP contribution in [0, 0.1) is 16.7 Å². The number of aliphatic hydroxyl groups excluding tert-OH is 1. The molecule has 1 aromatic carbocycles. The molecule has 19 heavy (non-hydrogen) atoms. The molecule has 0 aromatic heterocycles. The largest absolute Gasteiger partial charge is 0.392 e. The molecule has 1 aliphatic rings. The van der Waals surface area contributed by atoms with Crippen molar-refractivity contribution in [3.8, 4) is 6.07 Å². The number of anilines is 1. The lowest BCUT2D eigenvalue weighted by Crippen LogP contribution is -2.41. The van der Waals surface area contributed by atoms with Crippen LogP contribution in [0.2, 0.25) is 5.02 Å². The number of para-hydroxylation sites is 1. The van der Waals surface area contributed by atoms with Gasteiger partial charge in [0.1, 0.15) is 6.07 Å². The summed E-state index contributed by atoms with van der Waals surface area (Å²) in [5, 5.41) is 23.1. The van der Waals surface area contributed by atoms with Crippen LogP contribution >= 0.6 is 11.6 Å². The van der Waals surface area contributed by atoms with Crippen LogP contribution in [-0.2, 0) is 0 Å². The van der Waals surface area contributed by atoms with E-state index < -0.39 is 0 Å². The summed E-state index contributed by atoms with van der Waals surface area (Å²) >= 11 is 6.13. The highest BCUT2D eigenvalue weighted by Gasteiger charge is 2.35. The Morgan fingerprint density at radius 2 is 2.32 bits per heavy atom. The first kappa shape index (κ1) is 14.2. The zero-order chi connectivity index (χ0) is 13.9. The van der Waals surface area contributed by atoms with Gasteiger partial charge in [0.2, 0.25) is 0 Å². The van der Waals surface area contributed by atoms with Crippen LogP contribution in [0.4, 0.5) is 5.69 Å². The molecule has 0 heterocycles. The molecular formula is C15H19ClN2O. The molecule has 1 fully saturated rings. The lowest BCUT2D eigenvalue weighted by Gasteiger charge is -2.39. The topological polar surface area (TPSA) is 56.0 Å². The predicted octanol–water partition coefficient (Wildman–Crippen LogP) is 3.56. The maximum atomic E-state index is 10.2. The van der Waals surface area contributed by atoms with Gasteiger partial charge in [0, 0.05) is 12.0 Å². The molecule has 0 amide bonds. The second-order valence-electron chi connectivity index (χ2n) is 5.54. The smallest absolute Gasteiger partial charge is 0.101 e. The lowest BCUT2D eigenvalue weighted by molar-refractivity contribution is 0.00963. The molecule has 2 unspecified atom stereocenters. The minimum Gasteiger partial charge on any atom is -0.392 e. The van der Waals surface area contributed by atoms with Gasteiger partial charge in [0.05, 0.1) is 22.4 Å². The molecule has 0 radical (unpaired) electrons. The van der Waals surface area contributed by atoms with E-state index in [1.807, 2.05) is 0 Å². The van der Waals surface area contributed by atoms with Gasteiger partial charge < -0.3 is 10.4 Å². The Hall–Kier alpha value is -1.24. The van der Waals surface area contributed by atoms with Crippen LogP contribution < -0.4 is 5.32 Å². The number of hydrogen-bond donors (Lipinski definition) is 2. The van der Waals surface area contributed by atoms with Crippen molar-refractivity contribution in [2.75, 3.05) is 11.9 Å². The monoisotopic (exact) mass is 278 g/mol. The van der Waals surface area contributed by atoms with Gasteiger partial charge in [-0.2, -0.15) is 5.26 Å².